The van der Waals surface area contributed by atoms with Crippen LogP contribution in [0.3, 0.4) is 0 Å². The van der Waals surface area contributed by atoms with Crippen molar-refractivity contribution in [2.45, 2.75) is 62.4 Å². The van der Waals surface area contributed by atoms with Crippen molar-refractivity contribution >= 4 is 50.7 Å². The molecule has 12 heteroatoms. The number of methoxy groups -OCH3 is 1. The average molecular weight is 626 g/mol. The Bertz CT molecular complexity index is 1270. The van der Waals surface area contributed by atoms with E-state index in [9.17, 15) is 19.6 Å². The fraction of sp³-hybridized carbons (Fsp3) is 0.552. The van der Waals surface area contributed by atoms with Crippen LogP contribution in [0, 0.1) is 11.7 Å². The van der Waals surface area contributed by atoms with E-state index in [-0.39, 0.29) is 12.2 Å². The Morgan fingerprint density at radius 1 is 1.27 bits per heavy atom. The largest absolute Gasteiger partial charge is 0.492 e. The lowest BCUT2D eigenvalue weighted by molar-refractivity contribution is 0.243. The number of allylic oxidation sites excluding steroid dienone is 2. The molecule has 5 rings (SSSR count). The monoisotopic (exact) mass is 625 g/mol. The second-order valence-corrected chi connectivity index (χ2v) is 16.6. The van der Waals surface area contributed by atoms with Gasteiger partial charge in [-0.15, -0.1) is 11.8 Å². The van der Waals surface area contributed by atoms with Gasteiger partial charge in [0.1, 0.15) is 13.0 Å². The number of rotatable bonds is 11. The molecule has 41 heavy (non-hydrogen) atoms. The number of thioether (sulfide) groups is 1. The molecule has 3 unspecified atom stereocenters. The molecule has 0 amide bonds. The summed E-state index contributed by atoms with van der Waals surface area (Å²) < 4.78 is 22.0. The standard InChI is InChI=1S/C29H42FN3O5P2S/c1-18-22-15-24(30)28(32-13-11-25-20(16-32)7-5-12-31-25)29(38-3)27(22)33(21-9-10-21)17-23(18)19(2)41-14-6-8-26(39(34)35)40(4,36)37/h15,17,20-21,25-26,31,34-37H,1-2,4-14,16H2,3H3. The summed E-state index contributed by atoms with van der Waals surface area (Å²) in [6.07, 6.45) is 11.5. The summed E-state index contributed by atoms with van der Waals surface area (Å²) in [6, 6.07) is 2.41. The van der Waals surface area contributed by atoms with Crippen LogP contribution in [0.2, 0.25) is 0 Å². The minimum atomic E-state index is -3.60. The van der Waals surface area contributed by atoms with E-state index >= 15 is 4.39 Å². The molecule has 3 heterocycles. The number of anilines is 2. The van der Waals surface area contributed by atoms with Gasteiger partial charge in [0.25, 0.3) is 0 Å². The Morgan fingerprint density at radius 3 is 2.68 bits per heavy atom. The first-order chi connectivity index (χ1) is 19.5. The summed E-state index contributed by atoms with van der Waals surface area (Å²) in [6.45, 7) is 11.3. The molecule has 2 saturated heterocycles. The molecule has 5 N–H and O–H groups in total. The van der Waals surface area contributed by atoms with Crippen LogP contribution in [-0.2, 0) is 0 Å². The van der Waals surface area contributed by atoms with Crippen molar-refractivity contribution in [3.63, 3.8) is 0 Å². The molecule has 226 valence electrons. The van der Waals surface area contributed by atoms with E-state index in [1.807, 2.05) is 0 Å². The molecule has 1 aromatic rings. The zero-order valence-electron chi connectivity index (χ0n) is 23.6. The average Bonchev–Trinajstić information content (AvgIpc) is 3.77. The molecule has 3 atom stereocenters. The quantitative estimate of drug-likeness (QED) is 0.167. The van der Waals surface area contributed by atoms with Gasteiger partial charge in [0.2, 0.25) is 0 Å². The van der Waals surface area contributed by atoms with E-state index < -0.39 is 21.1 Å². The minimum absolute atomic E-state index is 0.236. The highest BCUT2D eigenvalue weighted by Gasteiger charge is 2.40. The third-order valence-electron chi connectivity index (χ3n) is 8.64. The van der Waals surface area contributed by atoms with Crippen LogP contribution in [-0.4, -0.2) is 75.9 Å². The summed E-state index contributed by atoms with van der Waals surface area (Å²) in [7, 11) is -4.47. The lowest BCUT2D eigenvalue weighted by Crippen LogP contribution is -2.52. The normalized spacial score (nSPS) is 23.7. The van der Waals surface area contributed by atoms with Crippen LogP contribution in [0.5, 0.6) is 5.75 Å². The Hall–Kier alpha value is -1.35. The summed E-state index contributed by atoms with van der Waals surface area (Å²) >= 11 is 1.49. The third kappa shape index (κ3) is 6.61. The molecule has 0 bridgehead atoms. The van der Waals surface area contributed by atoms with E-state index in [4.69, 9.17) is 4.74 Å². The first kappa shape index (κ1) is 31.1. The summed E-state index contributed by atoms with van der Waals surface area (Å²) in [5.74, 6) is 1.34. The zero-order valence-corrected chi connectivity index (χ0v) is 26.2. The van der Waals surface area contributed by atoms with Crippen LogP contribution >= 0.6 is 27.5 Å². The highest BCUT2D eigenvalue weighted by atomic mass is 32.2. The summed E-state index contributed by atoms with van der Waals surface area (Å²) in [5.41, 5.74) is 3.64. The molecule has 3 fully saturated rings. The van der Waals surface area contributed by atoms with Gasteiger partial charge in [-0.25, -0.2) is 4.39 Å². The molecule has 8 nitrogen and oxygen atoms in total. The fourth-order valence-corrected chi connectivity index (χ4v) is 9.58. The first-order valence-corrected chi connectivity index (χ1v) is 18.5. The molecule has 0 radical (unpaired) electrons. The number of hydrogen-bond acceptors (Lipinski definition) is 9. The third-order valence-corrected chi connectivity index (χ3v) is 13.4. The second kappa shape index (κ2) is 12.7. The number of nitrogens with one attached hydrogen (secondary N) is 1. The predicted octanol–water partition coefficient (Wildman–Crippen LogP) is 5.21. The van der Waals surface area contributed by atoms with Gasteiger partial charge < -0.3 is 39.4 Å². The molecular weight excluding hydrogens is 583 g/mol. The van der Waals surface area contributed by atoms with Gasteiger partial charge in [0, 0.05) is 47.4 Å². The van der Waals surface area contributed by atoms with E-state index in [0.29, 0.717) is 52.7 Å². The Kier molecular flexibility index (Phi) is 9.64. The van der Waals surface area contributed by atoms with Crippen molar-refractivity contribution in [1.29, 1.82) is 0 Å². The topological polar surface area (TPSA) is 109 Å². The highest BCUT2D eigenvalue weighted by molar-refractivity contribution is 8.03. The van der Waals surface area contributed by atoms with Gasteiger partial charge in [0.15, 0.2) is 19.9 Å². The van der Waals surface area contributed by atoms with Crippen molar-refractivity contribution in [3.8, 4) is 5.75 Å². The van der Waals surface area contributed by atoms with Crippen LogP contribution in [0.15, 0.2) is 35.9 Å². The lowest BCUT2D eigenvalue weighted by atomic mass is 9.85. The van der Waals surface area contributed by atoms with Crippen LogP contribution in [0.1, 0.15) is 50.5 Å². The SMILES string of the molecule is C=C(SCCCC(P(O)O)P(=C)(O)O)C1=CN(C2CC2)c2c(cc(F)c(N3CCC4NCCCC4C3)c2OC)C1=C. The smallest absolute Gasteiger partial charge is 0.177 e. The number of nitrogens with zero attached hydrogens (tertiary/aromatic N) is 2. The maximum absolute atomic E-state index is 16.0. The number of piperidine rings is 2. The van der Waals surface area contributed by atoms with E-state index in [1.165, 1.54) is 11.8 Å². The molecule has 0 aromatic heterocycles. The number of benzene rings is 1. The van der Waals surface area contributed by atoms with Gasteiger partial charge in [0.05, 0.1) is 18.2 Å². The minimum Gasteiger partial charge on any atom is -0.492 e. The lowest BCUT2D eigenvalue weighted by Gasteiger charge is -2.43. The number of hydrogen-bond donors (Lipinski definition) is 5. The molecule has 1 saturated carbocycles. The van der Waals surface area contributed by atoms with Crippen molar-refractivity contribution in [2.24, 2.45) is 5.92 Å². The Labute approximate surface area is 248 Å². The molecule has 3 aliphatic heterocycles. The van der Waals surface area contributed by atoms with Crippen molar-refractivity contribution in [1.82, 2.24) is 5.32 Å². The van der Waals surface area contributed by atoms with E-state index in [2.05, 4.69) is 40.8 Å². The molecule has 1 aromatic carbocycles. The Balaban J connectivity index is 1.37. The fourth-order valence-electron chi connectivity index (χ4n) is 6.36. The number of halogens is 1. The van der Waals surface area contributed by atoms with Crippen LogP contribution in [0.4, 0.5) is 15.8 Å². The van der Waals surface area contributed by atoms with E-state index in [0.717, 1.165) is 67.9 Å². The maximum atomic E-state index is 16.0. The van der Waals surface area contributed by atoms with Gasteiger partial charge in [-0.3, -0.25) is 0 Å². The van der Waals surface area contributed by atoms with Crippen molar-refractivity contribution < 1.29 is 28.7 Å². The van der Waals surface area contributed by atoms with Crippen molar-refractivity contribution in [2.75, 3.05) is 42.3 Å². The predicted molar refractivity (Wildman–Crippen MR) is 171 cm³/mol. The summed E-state index contributed by atoms with van der Waals surface area (Å²) in [5, 5.41) is 2.62. The molecule has 0 spiro atoms. The number of ether oxygens (including phenoxy) is 1. The van der Waals surface area contributed by atoms with Crippen LogP contribution < -0.4 is 19.9 Å². The van der Waals surface area contributed by atoms with Crippen LogP contribution in [0.25, 0.3) is 5.57 Å². The highest BCUT2D eigenvalue weighted by Crippen LogP contribution is 2.57. The van der Waals surface area contributed by atoms with Crippen molar-refractivity contribution in [3.05, 3.63) is 47.3 Å². The molecular formula is C29H42FN3O5P2S. The van der Waals surface area contributed by atoms with E-state index in [1.54, 1.807) is 13.2 Å². The first-order valence-electron chi connectivity index (χ1n) is 14.3. The maximum Gasteiger partial charge on any atom is 0.177 e. The van der Waals surface area contributed by atoms with Gasteiger partial charge in [-0.05, 0) is 74.8 Å². The zero-order chi connectivity index (χ0) is 29.5. The second-order valence-electron chi connectivity index (χ2n) is 11.5. The molecule has 1 aliphatic carbocycles. The van der Waals surface area contributed by atoms with Gasteiger partial charge >= 0.3 is 0 Å². The number of fused-ring (bicyclic) bond motifs is 2. The Morgan fingerprint density at radius 2 is 2.02 bits per heavy atom. The van der Waals surface area contributed by atoms with Gasteiger partial charge in [-0.1, -0.05) is 19.5 Å². The molecule has 4 aliphatic rings. The van der Waals surface area contributed by atoms with Gasteiger partial charge in [-0.2, -0.15) is 0 Å². The summed E-state index contributed by atoms with van der Waals surface area (Å²) in [4.78, 5) is 44.0.